The Morgan fingerprint density at radius 1 is 1.15 bits per heavy atom. The summed E-state index contributed by atoms with van der Waals surface area (Å²) < 4.78 is 35.0. The zero-order valence-electron chi connectivity index (χ0n) is 15.8. The van der Waals surface area contributed by atoms with Crippen LogP contribution in [0.4, 0.5) is 8.78 Å². The van der Waals surface area contributed by atoms with Gasteiger partial charge in [0.25, 0.3) is 0 Å². The molecule has 26 heavy (non-hydrogen) atoms. The van der Waals surface area contributed by atoms with Gasteiger partial charge in [-0.1, -0.05) is 26.8 Å². The van der Waals surface area contributed by atoms with Gasteiger partial charge in [-0.05, 0) is 65.5 Å². The largest absolute Gasteiger partial charge is 0.497 e. The summed E-state index contributed by atoms with van der Waals surface area (Å²) in [5.41, 5.74) is 1.75. The Labute approximate surface area is 153 Å². The molecule has 0 bridgehead atoms. The summed E-state index contributed by atoms with van der Waals surface area (Å²) in [5.74, 6) is -0.0636. The number of rotatable bonds is 4. The molecule has 0 amide bonds. The Hall–Kier alpha value is -1.94. The second-order valence-corrected chi connectivity index (χ2v) is 8.03. The van der Waals surface area contributed by atoms with Crippen molar-refractivity contribution in [3.05, 3.63) is 53.1 Å². The molecule has 2 aromatic carbocycles. The molecule has 2 aromatic rings. The Kier molecular flexibility index (Phi) is 5.07. The molecule has 2 unspecified atom stereocenters. The molecule has 2 nitrogen and oxygen atoms in total. The first-order valence-electron chi connectivity index (χ1n) is 9.05. The molecule has 0 heterocycles. The summed E-state index contributed by atoms with van der Waals surface area (Å²) in [6.45, 7) is 6.27. The third-order valence-electron chi connectivity index (χ3n) is 5.80. The van der Waals surface area contributed by atoms with Gasteiger partial charge in [0.2, 0.25) is 0 Å². The van der Waals surface area contributed by atoms with E-state index in [4.69, 9.17) is 4.74 Å². The second-order valence-electron chi connectivity index (χ2n) is 8.03. The van der Waals surface area contributed by atoms with Gasteiger partial charge in [0.1, 0.15) is 17.4 Å². The van der Waals surface area contributed by atoms with Crippen molar-refractivity contribution in [3.8, 4) is 16.9 Å². The standard InChI is InChI=1S/C22H26F2O2/c1-13-7-8-22(2,3)21(13)17-9-14(12-25)10-19(24)20(17)16-11-15(26-4)5-6-18(16)23/h5-6,9-11,13,21,25H,7-8,12H2,1-4H3. The molecular weight excluding hydrogens is 334 g/mol. The molecule has 0 aliphatic heterocycles. The summed E-state index contributed by atoms with van der Waals surface area (Å²) in [4.78, 5) is 0. The molecule has 0 aromatic heterocycles. The monoisotopic (exact) mass is 360 g/mol. The van der Waals surface area contributed by atoms with E-state index in [-0.39, 0.29) is 29.1 Å². The first kappa shape index (κ1) is 18.8. The van der Waals surface area contributed by atoms with Crippen molar-refractivity contribution in [2.24, 2.45) is 11.3 Å². The first-order chi connectivity index (χ1) is 12.3. The second kappa shape index (κ2) is 6.99. The van der Waals surface area contributed by atoms with Gasteiger partial charge in [0.05, 0.1) is 13.7 Å². The maximum absolute atomic E-state index is 15.1. The molecule has 2 atom stereocenters. The number of hydrogen-bond donors (Lipinski definition) is 1. The smallest absolute Gasteiger partial charge is 0.131 e. The van der Waals surface area contributed by atoms with Crippen LogP contribution in [-0.2, 0) is 6.61 Å². The van der Waals surface area contributed by atoms with Crippen molar-refractivity contribution in [1.29, 1.82) is 0 Å². The van der Waals surface area contributed by atoms with E-state index in [1.54, 1.807) is 6.07 Å². The van der Waals surface area contributed by atoms with Gasteiger partial charge in [-0.25, -0.2) is 8.78 Å². The first-order valence-corrected chi connectivity index (χ1v) is 9.05. The molecule has 1 aliphatic carbocycles. The number of methoxy groups -OCH3 is 1. The number of halogens is 2. The van der Waals surface area contributed by atoms with Crippen LogP contribution in [0, 0.1) is 23.0 Å². The summed E-state index contributed by atoms with van der Waals surface area (Å²) in [6.07, 6.45) is 2.08. The van der Waals surface area contributed by atoms with E-state index in [0.717, 1.165) is 18.4 Å². The van der Waals surface area contributed by atoms with Gasteiger partial charge in [0, 0.05) is 11.1 Å². The van der Waals surface area contributed by atoms with Crippen molar-refractivity contribution >= 4 is 0 Å². The van der Waals surface area contributed by atoms with Gasteiger partial charge in [0.15, 0.2) is 0 Å². The average Bonchev–Trinajstić information content (AvgIpc) is 2.88. The Balaban J connectivity index is 2.29. The summed E-state index contributed by atoms with van der Waals surface area (Å²) in [6, 6.07) is 7.51. The number of aliphatic hydroxyl groups excluding tert-OH is 1. The molecule has 4 heteroatoms. The molecule has 1 aliphatic rings. The van der Waals surface area contributed by atoms with Crippen LogP contribution in [0.25, 0.3) is 11.1 Å². The molecule has 0 radical (unpaired) electrons. The van der Waals surface area contributed by atoms with Crippen molar-refractivity contribution in [2.75, 3.05) is 7.11 Å². The predicted molar refractivity (Wildman–Crippen MR) is 99.2 cm³/mol. The highest BCUT2D eigenvalue weighted by atomic mass is 19.1. The van der Waals surface area contributed by atoms with Gasteiger partial charge < -0.3 is 9.84 Å². The number of ether oxygens (including phenoxy) is 1. The Bertz CT molecular complexity index is 814. The highest BCUT2D eigenvalue weighted by Crippen LogP contribution is 2.54. The number of hydrogen-bond acceptors (Lipinski definition) is 2. The minimum atomic E-state index is -0.506. The van der Waals surface area contributed by atoms with Crippen molar-refractivity contribution in [1.82, 2.24) is 0 Å². The molecule has 1 fully saturated rings. The minimum Gasteiger partial charge on any atom is -0.497 e. The van der Waals surface area contributed by atoms with Gasteiger partial charge in [-0.3, -0.25) is 0 Å². The highest BCUT2D eigenvalue weighted by Gasteiger charge is 2.42. The van der Waals surface area contributed by atoms with Crippen molar-refractivity contribution in [3.63, 3.8) is 0 Å². The number of benzene rings is 2. The average molecular weight is 360 g/mol. The SMILES string of the molecule is COc1ccc(F)c(-c2c(F)cc(CO)cc2C2C(C)CCC2(C)C)c1. The molecule has 0 saturated heterocycles. The molecule has 0 spiro atoms. The Morgan fingerprint density at radius 3 is 2.46 bits per heavy atom. The van der Waals surface area contributed by atoms with Crippen molar-refractivity contribution < 1.29 is 18.6 Å². The molecule has 140 valence electrons. The predicted octanol–water partition coefficient (Wildman–Crippen LogP) is 5.67. The lowest BCUT2D eigenvalue weighted by Crippen LogP contribution is -2.20. The van der Waals surface area contributed by atoms with E-state index in [1.165, 1.54) is 25.3 Å². The van der Waals surface area contributed by atoms with Crippen LogP contribution in [0.5, 0.6) is 5.75 Å². The molecule has 3 rings (SSSR count). The zero-order chi connectivity index (χ0) is 19.1. The molecule has 1 N–H and O–H groups in total. The van der Waals surface area contributed by atoms with Crippen LogP contribution in [0.15, 0.2) is 30.3 Å². The van der Waals surface area contributed by atoms with E-state index >= 15 is 4.39 Å². The number of aliphatic hydroxyl groups is 1. The van der Waals surface area contributed by atoms with E-state index in [1.807, 2.05) is 6.07 Å². The van der Waals surface area contributed by atoms with Crippen LogP contribution in [0.2, 0.25) is 0 Å². The maximum Gasteiger partial charge on any atom is 0.131 e. The summed E-state index contributed by atoms with van der Waals surface area (Å²) >= 11 is 0. The highest BCUT2D eigenvalue weighted by molar-refractivity contribution is 5.71. The van der Waals surface area contributed by atoms with Crippen LogP contribution < -0.4 is 4.74 Å². The summed E-state index contributed by atoms with van der Waals surface area (Å²) in [5, 5.41) is 9.56. The fraction of sp³-hybridized carbons (Fsp3) is 0.455. The lowest BCUT2D eigenvalue weighted by molar-refractivity contribution is 0.279. The summed E-state index contributed by atoms with van der Waals surface area (Å²) in [7, 11) is 1.51. The van der Waals surface area contributed by atoms with Gasteiger partial charge in [-0.2, -0.15) is 0 Å². The van der Waals surface area contributed by atoms with Crippen LogP contribution in [0.1, 0.15) is 50.7 Å². The Morgan fingerprint density at radius 2 is 1.88 bits per heavy atom. The van der Waals surface area contributed by atoms with E-state index in [9.17, 15) is 9.50 Å². The molecular formula is C22H26F2O2. The fourth-order valence-corrected chi connectivity index (χ4v) is 4.55. The van der Waals surface area contributed by atoms with Crippen molar-refractivity contribution in [2.45, 2.75) is 46.1 Å². The maximum atomic E-state index is 15.1. The topological polar surface area (TPSA) is 29.5 Å². The van der Waals surface area contributed by atoms with Crippen LogP contribution >= 0.6 is 0 Å². The van der Waals surface area contributed by atoms with Gasteiger partial charge >= 0.3 is 0 Å². The molecule has 1 saturated carbocycles. The quantitative estimate of drug-likeness (QED) is 0.761. The lowest BCUT2D eigenvalue weighted by atomic mass is 9.72. The van der Waals surface area contributed by atoms with E-state index in [2.05, 4.69) is 20.8 Å². The van der Waals surface area contributed by atoms with E-state index < -0.39 is 11.6 Å². The lowest BCUT2D eigenvalue weighted by Gasteiger charge is -2.32. The van der Waals surface area contributed by atoms with Crippen LogP contribution in [-0.4, -0.2) is 12.2 Å². The normalized spacial score (nSPS) is 21.8. The fourth-order valence-electron chi connectivity index (χ4n) is 4.55. The van der Waals surface area contributed by atoms with E-state index in [0.29, 0.717) is 17.2 Å². The third-order valence-corrected chi connectivity index (χ3v) is 5.80. The zero-order valence-corrected chi connectivity index (χ0v) is 15.8. The third kappa shape index (κ3) is 3.23. The minimum absolute atomic E-state index is 0.0238. The van der Waals surface area contributed by atoms with Crippen LogP contribution in [0.3, 0.4) is 0 Å². The van der Waals surface area contributed by atoms with Gasteiger partial charge in [-0.15, -0.1) is 0 Å².